The van der Waals surface area contributed by atoms with Crippen molar-refractivity contribution in [3.05, 3.63) is 35.4 Å². The lowest BCUT2D eigenvalue weighted by Crippen LogP contribution is -2.44. The van der Waals surface area contributed by atoms with Crippen LogP contribution in [0.4, 0.5) is 0 Å². The molecule has 2 heterocycles. The SMILES string of the molecule is O=C1OC(C(=O)NCC2CCCO2)Cc2ccccc21. The van der Waals surface area contributed by atoms with Gasteiger partial charge in [0.15, 0.2) is 6.10 Å². The number of carbonyl (C=O) groups is 2. The highest BCUT2D eigenvalue weighted by Gasteiger charge is 2.31. The van der Waals surface area contributed by atoms with E-state index >= 15 is 0 Å². The Hall–Kier alpha value is -1.88. The highest BCUT2D eigenvalue weighted by atomic mass is 16.5. The molecule has 2 aliphatic heterocycles. The van der Waals surface area contributed by atoms with Gasteiger partial charge in [0.25, 0.3) is 5.91 Å². The van der Waals surface area contributed by atoms with E-state index in [0.29, 0.717) is 18.5 Å². The van der Waals surface area contributed by atoms with Gasteiger partial charge in [-0.2, -0.15) is 0 Å². The molecule has 1 fully saturated rings. The van der Waals surface area contributed by atoms with Crippen LogP contribution in [-0.4, -0.2) is 37.2 Å². The number of hydrogen-bond acceptors (Lipinski definition) is 4. The molecule has 2 aliphatic rings. The topological polar surface area (TPSA) is 64.6 Å². The molecule has 106 valence electrons. The Kier molecular flexibility index (Phi) is 3.69. The van der Waals surface area contributed by atoms with Gasteiger partial charge in [0.1, 0.15) is 0 Å². The summed E-state index contributed by atoms with van der Waals surface area (Å²) in [5.41, 5.74) is 1.41. The molecule has 1 amide bonds. The molecule has 1 saturated heterocycles. The minimum absolute atomic E-state index is 0.0885. The maximum Gasteiger partial charge on any atom is 0.339 e. The van der Waals surface area contributed by atoms with Crippen LogP contribution >= 0.6 is 0 Å². The van der Waals surface area contributed by atoms with Crippen LogP contribution in [0.5, 0.6) is 0 Å². The van der Waals surface area contributed by atoms with E-state index in [-0.39, 0.29) is 12.0 Å². The molecule has 5 heteroatoms. The summed E-state index contributed by atoms with van der Waals surface area (Å²) < 4.78 is 10.6. The molecular weight excluding hydrogens is 258 g/mol. The normalized spacial score (nSPS) is 24.9. The Labute approximate surface area is 117 Å². The number of fused-ring (bicyclic) bond motifs is 1. The molecular formula is C15H17NO4. The maximum atomic E-state index is 12.1. The Morgan fingerprint density at radius 1 is 1.35 bits per heavy atom. The summed E-state index contributed by atoms with van der Waals surface area (Å²) in [5, 5.41) is 2.80. The average molecular weight is 275 g/mol. The summed E-state index contributed by atoms with van der Waals surface area (Å²) >= 11 is 0. The largest absolute Gasteiger partial charge is 0.448 e. The van der Waals surface area contributed by atoms with Gasteiger partial charge in [0.05, 0.1) is 11.7 Å². The number of benzene rings is 1. The second-order valence-electron chi connectivity index (χ2n) is 5.14. The van der Waals surface area contributed by atoms with Crippen molar-refractivity contribution in [2.75, 3.05) is 13.2 Å². The highest BCUT2D eigenvalue weighted by Crippen LogP contribution is 2.20. The van der Waals surface area contributed by atoms with Gasteiger partial charge in [-0.1, -0.05) is 18.2 Å². The number of amides is 1. The fourth-order valence-electron chi connectivity index (χ4n) is 2.61. The number of hydrogen-bond donors (Lipinski definition) is 1. The van der Waals surface area contributed by atoms with Crippen LogP contribution in [0, 0.1) is 0 Å². The molecule has 0 bridgehead atoms. The third-order valence-electron chi connectivity index (χ3n) is 3.71. The molecule has 20 heavy (non-hydrogen) atoms. The van der Waals surface area contributed by atoms with Crippen molar-refractivity contribution >= 4 is 11.9 Å². The maximum absolute atomic E-state index is 12.1. The number of esters is 1. The predicted octanol–water partition coefficient (Wildman–Crippen LogP) is 1.06. The van der Waals surface area contributed by atoms with Crippen molar-refractivity contribution in [1.82, 2.24) is 5.32 Å². The van der Waals surface area contributed by atoms with Crippen LogP contribution < -0.4 is 5.32 Å². The van der Waals surface area contributed by atoms with E-state index in [1.807, 2.05) is 12.1 Å². The molecule has 2 unspecified atom stereocenters. The lowest BCUT2D eigenvalue weighted by atomic mass is 9.98. The quantitative estimate of drug-likeness (QED) is 0.838. The average Bonchev–Trinajstić information content (AvgIpc) is 2.98. The summed E-state index contributed by atoms with van der Waals surface area (Å²) in [7, 11) is 0. The number of carbonyl (C=O) groups excluding carboxylic acids is 2. The van der Waals surface area contributed by atoms with Gasteiger partial charge in [0, 0.05) is 19.6 Å². The summed E-state index contributed by atoms with van der Waals surface area (Å²) in [6.45, 7) is 1.24. The molecule has 2 atom stereocenters. The van der Waals surface area contributed by atoms with E-state index in [1.165, 1.54) is 0 Å². The van der Waals surface area contributed by atoms with E-state index in [1.54, 1.807) is 12.1 Å². The van der Waals surface area contributed by atoms with E-state index in [4.69, 9.17) is 9.47 Å². The molecule has 5 nitrogen and oxygen atoms in total. The molecule has 0 saturated carbocycles. The van der Waals surface area contributed by atoms with Gasteiger partial charge in [-0.15, -0.1) is 0 Å². The standard InChI is InChI=1S/C15H17NO4/c17-14(16-9-11-5-3-7-19-11)13-8-10-4-1-2-6-12(10)15(18)20-13/h1-2,4,6,11,13H,3,5,7-9H2,(H,16,17). The molecule has 3 rings (SSSR count). The van der Waals surface area contributed by atoms with E-state index < -0.39 is 12.1 Å². The van der Waals surface area contributed by atoms with Crippen LogP contribution in [0.15, 0.2) is 24.3 Å². The minimum Gasteiger partial charge on any atom is -0.448 e. The number of rotatable bonds is 3. The van der Waals surface area contributed by atoms with Crippen LogP contribution in [0.2, 0.25) is 0 Å². The van der Waals surface area contributed by atoms with Crippen LogP contribution in [0.25, 0.3) is 0 Å². The second kappa shape index (κ2) is 5.63. The molecule has 0 radical (unpaired) electrons. The van der Waals surface area contributed by atoms with Crippen LogP contribution in [0.1, 0.15) is 28.8 Å². The lowest BCUT2D eigenvalue weighted by molar-refractivity contribution is -0.130. The first kappa shape index (κ1) is 13.1. The first-order valence-corrected chi connectivity index (χ1v) is 6.92. The van der Waals surface area contributed by atoms with Gasteiger partial charge in [0.2, 0.25) is 0 Å². The monoisotopic (exact) mass is 275 g/mol. The molecule has 0 aromatic heterocycles. The third kappa shape index (κ3) is 2.67. The van der Waals surface area contributed by atoms with Crippen molar-refractivity contribution < 1.29 is 19.1 Å². The Morgan fingerprint density at radius 3 is 3.00 bits per heavy atom. The van der Waals surface area contributed by atoms with E-state index in [2.05, 4.69) is 5.32 Å². The summed E-state index contributed by atoms with van der Waals surface area (Å²) in [5.74, 6) is -0.674. The van der Waals surface area contributed by atoms with Crippen molar-refractivity contribution in [3.63, 3.8) is 0 Å². The number of ether oxygens (including phenoxy) is 2. The fraction of sp³-hybridized carbons (Fsp3) is 0.467. The first-order valence-electron chi connectivity index (χ1n) is 6.92. The van der Waals surface area contributed by atoms with Crippen molar-refractivity contribution in [2.24, 2.45) is 0 Å². The van der Waals surface area contributed by atoms with Gasteiger partial charge in [-0.05, 0) is 24.5 Å². The molecule has 0 spiro atoms. The summed E-state index contributed by atoms with van der Waals surface area (Å²) in [4.78, 5) is 23.9. The number of nitrogens with one attached hydrogen (secondary N) is 1. The van der Waals surface area contributed by atoms with E-state index in [0.717, 1.165) is 25.0 Å². The second-order valence-corrected chi connectivity index (χ2v) is 5.14. The Morgan fingerprint density at radius 2 is 2.20 bits per heavy atom. The molecule has 1 aromatic rings. The van der Waals surface area contributed by atoms with Crippen molar-refractivity contribution in [1.29, 1.82) is 0 Å². The van der Waals surface area contributed by atoms with Gasteiger partial charge >= 0.3 is 5.97 Å². The zero-order valence-corrected chi connectivity index (χ0v) is 11.1. The van der Waals surface area contributed by atoms with Gasteiger partial charge in [-0.25, -0.2) is 4.79 Å². The minimum atomic E-state index is -0.737. The Bertz CT molecular complexity index is 522. The smallest absolute Gasteiger partial charge is 0.339 e. The zero-order valence-electron chi connectivity index (χ0n) is 11.1. The zero-order chi connectivity index (χ0) is 13.9. The molecule has 0 aliphatic carbocycles. The Balaban J connectivity index is 1.61. The van der Waals surface area contributed by atoms with Gasteiger partial charge in [-0.3, -0.25) is 4.79 Å². The van der Waals surface area contributed by atoms with Gasteiger partial charge < -0.3 is 14.8 Å². The lowest BCUT2D eigenvalue weighted by Gasteiger charge is -2.24. The fourth-order valence-corrected chi connectivity index (χ4v) is 2.61. The summed E-state index contributed by atoms with van der Waals surface area (Å²) in [6, 6.07) is 7.23. The van der Waals surface area contributed by atoms with Crippen LogP contribution in [-0.2, 0) is 20.7 Å². The highest BCUT2D eigenvalue weighted by molar-refractivity contribution is 5.95. The summed E-state index contributed by atoms with van der Waals surface area (Å²) in [6.07, 6.45) is 1.78. The van der Waals surface area contributed by atoms with Crippen LogP contribution in [0.3, 0.4) is 0 Å². The molecule has 1 N–H and O–H groups in total. The van der Waals surface area contributed by atoms with Crippen molar-refractivity contribution in [3.8, 4) is 0 Å². The predicted molar refractivity (Wildman–Crippen MR) is 71.3 cm³/mol. The molecule has 1 aromatic carbocycles. The first-order chi connectivity index (χ1) is 9.74. The third-order valence-corrected chi connectivity index (χ3v) is 3.71. The van der Waals surface area contributed by atoms with Crippen molar-refractivity contribution in [2.45, 2.75) is 31.5 Å². The van der Waals surface area contributed by atoms with E-state index in [9.17, 15) is 9.59 Å². The number of cyclic esters (lactones) is 1.